The zero-order chi connectivity index (χ0) is 13.8. The van der Waals surface area contributed by atoms with Crippen LogP contribution >= 0.6 is 11.3 Å². The Bertz CT molecular complexity index is 542. The molecule has 102 valence electrons. The summed E-state index contributed by atoms with van der Waals surface area (Å²) in [5.41, 5.74) is 5.57. The first kappa shape index (κ1) is 14.3. The molecule has 1 atom stereocenters. The van der Waals surface area contributed by atoms with Crippen molar-refractivity contribution in [2.75, 3.05) is 6.54 Å². The average Bonchev–Trinajstić information content (AvgIpc) is 2.81. The van der Waals surface area contributed by atoms with Gasteiger partial charge >= 0.3 is 0 Å². The third kappa shape index (κ3) is 3.26. The van der Waals surface area contributed by atoms with Crippen molar-refractivity contribution >= 4 is 11.3 Å². The molecule has 1 heterocycles. The van der Waals surface area contributed by atoms with Crippen LogP contribution in [0.2, 0.25) is 0 Å². The largest absolute Gasteiger partial charge is 0.306 e. The average molecular weight is 273 g/mol. The molecule has 2 heteroatoms. The smallest absolute Gasteiger partial charge is 0.0587 e. The van der Waals surface area contributed by atoms with Gasteiger partial charge in [-0.1, -0.05) is 25.1 Å². The molecule has 0 saturated carbocycles. The van der Waals surface area contributed by atoms with Crippen LogP contribution in [0.15, 0.2) is 29.6 Å². The van der Waals surface area contributed by atoms with Crippen LogP contribution in [0.1, 0.15) is 46.5 Å². The quantitative estimate of drug-likeness (QED) is 0.828. The summed E-state index contributed by atoms with van der Waals surface area (Å²) in [6.45, 7) is 9.85. The van der Waals surface area contributed by atoms with Crippen LogP contribution in [0.5, 0.6) is 0 Å². The predicted molar refractivity (Wildman–Crippen MR) is 85.1 cm³/mol. The van der Waals surface area contributed by atoms with E-state index in [2.05, 4.69) is 62.7 Å². The number of benzene rings is 1. The van der Waals surface area contributed by atoms with Crippen LogP contribution in [-0.2, 0) is 0 Å². The van der Waals surface area contributed by atoms with Gasteiger partial charge in [-0.2, -0.15) is 0 Å². The number of aryl methyl sites for hydroxylation is 2. The lowest BCUT2D eigenvalue weighted by atomic mass is 9.94. The minimum Gasteiger partial charge on any atom is -0.306 e. The minimum absolute atomic E-state index is 0.324. The van der Waals surface area contributed by atoms with Gasteiger partial charge in [-0.25, -0.2) is 0 Å². The van der Waals surface area contributed by atoms with Crippen LogP contribution in [0.4, 0.5) is 0 Å². The molecule has 1 aromatic heterocycles. The second-order valence-electron chi connectivity index (χ2n) is 5.17. The van der Waals surface area contributed by atoms with Gasteiger partial charge in [-0.05, 0) is 67.4 Å². The van der Waals surface area contributed by atoms with Gasteiger partial charge in [-0.15, -0.1) is 11.3 Å². The molecule has 0 aliphatic heterocycles. The lowest BCUT2D eigenvalue weighted by Crippen LogP contribution is -2.23. The molecule has 0 spiro atoms. The molecular formula is C17H23NS. The maximum Gasteiger partial charge on any atom is 0.0587 e. The highest BCUT2D eigenvalue weighted by atomic mass is 32.1. The van der Waals surface area contributed by atoms with Gasteiger partial charge in [-0.3, -0.25) is 0 Å². The van der Waals surface area contributed by atoms with Crippen LogP contribution in [0.25, 0.3) is 0 Å². The van der Waals surface area contributed by atoms with Crippen molar-refractivity contribution in [1.82, 2.24) is 5.32 Å². The molecule has 19 heavy (non-hydrogen) atoms. The van der Waals surface area contributed by atoms with Crippen LogP contribution in [0, 0.1) is 20.8 Å². The molecule has 1 N–H and O–H groups in total. The van der Waals surface area contributed by atoms with Gasteiger partial charge in [0.2, 0.25) is 0 Å². The van der Waals surface area contributed by atoms with E-state index in [1.807, 2.05) is 11.3 Å². The molecule has 0 saturated heterocycles. The van der Waals surface area contributed by atoms with Crippen LogP contribution < -0.4 is 5.32 Å². The van der Waals surface area contributed by atoms with Crippen molar-refractivity contribution in [2.24, 2.45) is 0 Å². The molecule has 2 aromatic rings. The van der Waals surface area contributed by atoms with Crippen molar-refractivity contribution in [3.05, 3.63) is 56.8 Å². The monoisotopic (exact) mass is 273 g/mol. The SMILES string of the molecule is CCCNC(c1csc(C)c1)c1cccc(C)c1C. The first-order valence-corrected chi connectivity index (χ1v) is 7.86. The van der Waals surface area contributed by atoms with Crippen molar-refractivity contribution in [1.29, 1.82) is 0 Å². The molecule has 1 nitrogen and oxygen atoms in total. The fourth-order valence-corrected chi connectivity index (χ4v) is 3.13. The molecule has 0 aliphatic rings. The standard InChI is InChI=1S/C17H23NS/c1-5-9-18-17(15-10-13(3)19-11-15)16-8-6-7-12(2)14(16)4/h6-8,10-11,17-18H,5,9H2,1-4H3. The Morgan fingerprint density at radius 3 is 2.63 bits per heavy atom. The van der Waals surface area contributed by atoms with Crippen LogP contribution in [0.3, 0.4) is 0 Å². The van der Waals surface area contributed by atoms with E-state index in [1.54, 1.807) is 0 Å². The zero-order valence-corrected chi connectivity index (χ0v) is 13.1. The fraction of sp³-hybridized carbons (Fsp3) is 0.412. The Labute approximate surface area is 120 Å². The van der Waals surface area contributed by atoms with Gasteiger partial charge in [0.25, 0.3) is 0 Å². The molecule has 0 fully saturated rings. The summed E-state index contributed by atoms with van der Waals surface area (Å²) in [6, 6.07) is 9.24. The maximum absolute atomic E-state index is 3.69. The summed E-state index contributed by atoms with van der Waals surface area (Å²) in [7, 11) is 0. The Hall–Kier alpha value is -1.12. The summed E-state index contributed by atoms with van der Waals surface area (Å²) in [4.78, 5) is 1.38. The highest BCUT2D eigenvalue weighted by Gasteiger charge is 2.17. The van der Waals surface area contributed by atoms with E-state index in [1.165, 1.54) is 27.1 Å². The minimum atomic E-state index is 0.324. The molecular weight excluding hydrogens is 250 g/mol. The molecule has 2 rings (SSSR count). The second-order valence-corrected chi connectivity index (χ2v) is 6.28. The summed E-state index contributed by atoms with van der Waals surface area (Å²) >= 11 is 1.83. The molecule has 1 unspecified atom stereocenters. The van der Waals surface area contributed by atoms with E-state index in [4.69, 9.17) is 0 Å². The number of hydrogen-bond donors (Lipinski definition) is 1. The van der Waals surface area contributed by atoms with Gasteiger partial charge < -0.3 is 5.32 Å². The van der Waals surface area contributed by atoms with E-state index < -0.39 is 0 Å². The maximum atomic E-state index is 3.69. The number of thiophene rings is 1. The van der Waals surface area contributed by atoms with E-state index >= 15 is 0 Å². The highest BCUT2D eigenvalue weighted by molar-refractivity contribution is 7.10. The Balaban J connectivity index is 2.39. The lowest BCUT2D eigenvalue weighted by molar-refractivity contribution is 0.597. The van der Waals surface area contributed by atoms with Crippen molar-refractivity contribution in [3.8, 4) is 0 Å². The molecule has 1 aromatic carbocycles. The Morgan fingerprint density at radius 1 is 1.21 bits per heavy atom. The van der Waals surface area contributed by atoms with Crippen LogP contribution in [-0.4, -0.2) is 6.54 Å². The molecule has 0 bridgehead atoms. The van der Waals surface area contributed by atoms with Gasteiger partial charge in [0.05, 0.1) is 6.04 Å². The summed E-state index contributed by atoms with van der Waals surface area (Å²) in [6.07, 6.45) is 1.16. The zero-order valence-electron chi connectivity index (χ0n) is 12.3. The van der Waals surface area contributed by atoms with E-state index in [0.717, 1.165) is 13.0 Å². The Morgan fingerprint density at radius 2 is 2.00 bits per heavy atom. The van der Waals surface area contributed by atoms with E-state index in [-0.39, 0.29) is 0 Å². The third-order valence-corrected chi connectivity index (χ3v) is 4.52. The first-order chi connectivity index (χ1) is 9.13. The van der Waals surface area contributed by atoms with E-state index in [0.29, 0.717) is 6.04 Å². The molecule has 0 aliphatic carbocycles. The number of nitrogens with one attached hydrogen (secondary N) is 1. The second kappa shape index (κ2) is 6.36. The van der Waals surface area contributed by atoms with Gasteiger partial charge in [0, 0.05) is 4.88 Å². The first-order valence-electron chi connectivity index (χ1n) is 6.98. The number of hydrogen-bond acceptors (Lipinski definition) is 2. The van der Waals surface area contributed by atoms with E-state index in [9.17, 15) is 0 Å². The predicted octanol–water partition coefficient (Wildman–Crippen LogP) is 4.76. The third-order valence-electron chi connectivity index (χ3n) is 3.64. The van der Waals surface area contributed by atoms with Crippen molar-refractivity contribution < 1.29 is 0 Å². The lowest BCUT2D eigenvalue weighted by Gasteiger charge is -2.21. The molecule has 0 radical (unpaired) electrons. The van der Waals surface area contributed by atoms with Crippen molar-refractivity contribution in [2.45, 2.75) is 40.2 Å². The number of rotatable bonds is 5. The fourth-order valence-electron chi connectivity index (χ4n) is 2.40. The highest BCUT2D eigenvalue weighted by Crippen LogP contribution is 2.29. The summed E-state index contributed by atoms with van der Waals surface area (Å²) < 4.78 is 0. The van der Waals surface area contributed by atoms with Gasteiger partial charge in [0.1, 0.15) is 0 Å². The summed E-state index contributed by atoms with van der Waals surface area (Å²) in [5, 5.41) is 5.97. The Kier molecular flexibility index (Phi) is 4.78. The topological polar surface area (TPSA) is 12.0 Å². The normalized spacial score (nSPS) is 12.6. The summed E-state index contributed by atoms with van der Waals surface area (Å²) in [5.74, 6) is 0. The van der Waals surface area contributed by atoms with Gasteiger partial charge in [0.15, 0.2) is 0 Å². The van der Waals surface area contributed by atoms with Crippen molar-refractivity contribution in [3.63, 3.8) is 0 Å². The molecule has 0 amide bonds.